The molecule has 0 unspecified atom stereocenters. The molecule has 0 aliphatic rings. The zero-order chi connectivity index (χ0) is 11.8. The van der Waals surface area contributed by atoms with Gasteiger partial charge in [0, 0.05) is 10.9 Å². The highest BCUT2D eigenvalue weighted by molar-refractivity contribution is 7.09. The van der Waals surface area contributed by atoms with Crippen LogP contribution in [0.3, 0.4) is 0 Å². The van der Waals surface area contributed by atoms with Crippen LogP contribution in [0.1, 0.15) is 38.5 Å². The minimum absolute atomic E-state index is 0.597. The maximum absolute atomic E-state index is 3.43. The standard InChI is InChI=1S/C14H23NS/c1-12(2)15-10-4-6-13(3)8-9-14-7-5-11-16-14/h5-7,11-12,15H,4,8-10H2,1-3H3. The molecule has 0 saturated carbocycles. The van der Waals surface area contributed by atoms with Gasteiger partial charge in [-0.3, -0.25) is 0 Å². The predicted molar refractivity (Wildman–Crippen MR) is 74.2 cm³/mol. The van der Waals surface area contributed by atoms with Crippen LogP contribution in [0.2, 0.25) is 0 Å². The van der Waals surface area contributed by atoms with Crippen LogP contribution < -0.4 is 5.32 Å². The van der Waals surface area contributed by atoms with E-state index >= 15 is 0 Å². The van der Waals surface area contributed by atoms with Gasteiger partial charge >= 0.3 is 0 Å². The van der Waals surface area contributed by atoms with Crippen LogP contribution in [0.4, 0.5) is 0 Å². The monoisotopic (exact) mass is 237 g/mol. The first-order valence-corrected chi connectivity index (χ1v) is 6.98. The highest BCUT2D eigenvalue weighted by atomic mass is 32.1. The van der Waals surface area contributed by atoms with Crippen LogP contribution in [0.15, 0.2) is 29.2 Å². The van der Waals surface area contributed by atoms with Gasteiger partial charge in [-0.1, -0.05) is 31.6 Å². The number of thiophene rings is 1. The quantitative estimate of drug-likeness (QED) is 0.558. The molecular formula is C14H23NS. The summed E-state index contributed by atoms with van der Waals surface area (Å²) in [5.41, 5.74) is 1.51. The SMILES string of the molecule is CC(=CCCNC(C)C)CCc1cccs1. The van der Waals surface area contributed by atoms with Crippen molar-refractivity contribution in [3.05, 3.63) is 34.0 Å². The third kappa shape index (κ3) is 6.09. The molecule has 1 aromatic heterocycles. The third-order valence-corrected chi connectivity index (χ3v) is 3.47. The molecule has 1 N–H and O–H groups in total. The van der Waals surface area contributed by atoms with Crippen molar-refractivity contribution < 1.29 is 0 Å². The first-order valence-electron chi connectivity index (χ1n) is 6.10. The van der Waals surface area contributed by atoms with Crippen LogP contribution >= 0.6 is 11.3 Å². The van der Waals surface area contributed by atoms with E-state index in [0.29, 0.717) is 6.04 Å². The van der Waals surface area contributed by atoms with Crippen molar-refractivity contribution in [2.24, 2.45) is 0 Å². The van der Waals surface area contributed by atoms with Gasteiger partial charge in [-0.15, -0.1) is 11.3 Å². The van der Waals surface area contributed by atoms with Crippen LogP contribution in [0.5, 0.6) is 0 Å². The fraction of sp³-hybridized carbons (Fsp3) is 0.571. The van der Waals surface area contributed by atoms with Gasteiger partial charge < -0.3 is 5.32 Å². The van der Waals surface area contributed by atoms with E-state index in [1.54, 1.807) is 0 Å². The van der Waals surface area contributed by atoms with Crippen molar-refractivity contribution >= 4 is 11.3 Å². The minimum Gasteiger partial charge on any atom is -0.314 e. The molecular weight excluding hydrogens is 214 g/mol. The molecule has 0 radical (unpaired) electrons. The Balaban J connectivity index is 2.14. The summed E-state index contributed by atoms with van der Waals surface area (Å²) in [6, 6.07) is 4.95. The predicted octanol–water partition coefficient (Wildman–Crippen LogP) is 4.02. The van der Waals surface area contributed by atoms with Gasteiger partial charge in [0.15, 0.2) is 0 Å². The molecule has 0 spiro atoms. The Morgan fingerprint density at radius 1 is 1.50 bits per heavy atom. The summed E-state index contributed by atoms with van der Waals surface area (Å²) in [6.07, 6.45) is 5.90. The molecule has 0 aromatic carbocycles. The Morgan fingerprint density at radius 2 is 2.31 bits per heavy atom. The molecule has 0 fully saturated rings. The van der Waals surface area contributed by atoms with Crippen molar-refractivity contribution in [2.45, 2.75) is 46.1 Å². The summed E-state index contributed by atoms with van der Waals surface area (Å²) >= 11 is 1.86. The molecule has 0 amide bonds. The van der Waals surface area contributed by atoms with Gasteiger partial charge in [-0.25, -0.2) is 0 Å². The second-order valence-electron chi connectivity index (χ2n) is 4.53. The Hall–Kier alpha value is -0.600. The molecule has 1 nitrogen and oxygen atoms in total. The lowest BCUT2D eigenvalue weighted by atomic mass is 10.1. The molecule has 1 heterocycles. The van der Waals surface area contributed by atoms with E-state index < -0.39 is 0 Å². The fourth-order valence-electron chi connectivity index (χ4n) is 1.57. The maximum Gasteiger partial charge on any atom is 0.00483 e. The van der Waals surface area contributed by atoms with Crippen molar-refractivity contribution in [1.29, 1.82) is 0 Å². The lowest BCUT2D eigenvalue weighted by Crippen LogP contribution is -2.23. The summed E-state index contributed by atoms with van der Waals surface area (Å²) in [5, 5.41) is 5.58. The van der Waals surface area contributed by atoms with E-state index in [1.807, 2.05) is 11.3 Å². The Bertz CT molecular complexity index is 299. The van der Waals surface area contributed by atoms with Crippen LogP contribution in [0.25, 0.3) is 0 Å². The summed E-state index contributed by atoms with van der Waals surface area (Å²) in [4.78, 5) is 1.49. The van der Waals surface area contributed by atoms with E-state index in [-0.39, 0.29) is 0 Å². The second kappa shape index (κ2) is 7.64. The topological polar surface area (TPSA) is 12.0 Å². The van der Waals surface area contributed by atoms with Gasteiger partial charge in [0.05, 0.1) is 0 Å². The van der Waals surface area contributed by atoms with Gasteiger partial charge in [0.1, 0.15) is 0 Å². The normalized spacial score (nSPS) is 12.4. The second-order valence-corrected chi connectivity index (χ2v) is 5.56. The summed E-state index contributed by atoms with van der Waals surface area (Å²) < 4.78 is 0. The average Bonchev–Trinajstić information content (AvgIpc) is 2.74. The minimum atomic E-state index is 0.597. The summed E-state index contributed by atoms with van der Waals surface area (Å²) in [5.74, 6) is 0. The molecule has 16 heavy (non-hydrogen) atoms. The number of allylic oxidation sites excluding steroid dienone is 1. The van der Waals surface area contributed by atoms with Gasteiger partial charge in [-0.2, -0.15) is 0 Å². The zero-order valence-corrected chi connectivity index (χ0v) is 11.4. The molecule has 0 aliphatic carbocycles. The number of rotatable bonds is 7. The van der Waals surface area contributed by atoms with E-state index in [2.05, 4.69) is 49.7 Å². The summed E-state index contributed by atoms with van der Waals surface area (Å²) in [7, 11) is 0. The zero-order valence-electron chi connectivity index (χ0n) is 10.6. The van der Waals surface area contributed by atoms with Gasteiger partial charge in [-0.05, 0) is 44.2 Å². The molecule has 0 atom stereocenters. The highest BCUT2D eigenvalue weighted by Crippen LogP contribution is 2.14. The fourth-order valence-corrected chi connectivity index (χ4v) is 2.28. The summed E-state index contributed by atoms with van der Waals surface area (Å²) in [6.45, 7) is 7.71. The maximum atomic E-state index is 3.43. The van der Waals surface area contributed by atoms with Crippen LogP contribution in [0, 0.1) is 0 Å². The van der Waals surface area contributed by atoms with E-state index in [0.717, 1.165) is 13.0 Å². The van der Waals surface area contributed by atoms with E-state index in [9.17, 15) is 0 Å². The smallest absolute Gasteiger partial charge is 0.00483 e. The molecule has 1 rings (SSSR count). The van der Waals surface area contributed by atoms with Gasteiger partial charge in [0.25, 0.3) is 0 Å². The molecule has 0 bridgehead atoms. The lowest BCUT2D eigenvalue weighted by Gasteiger charge is -2.06. The Morgan fingerprint density at radius 3 is 2.94 bits per heavy atom. The van der Waals surface area contributed by atoms with Crippen molar-refractivity contribution in [3.63, 3.8) is 0 Å². The van der Waals surface area contributed by atoms with Gasteiger partial charge in [0.2, 0.25) is 0 Å². The number of nitrogens with one attached hydrogen (secondary N) is 1. The highest BCUT2D eigenvalue weighted by Gasteiger charge is 1.95. The largest absolute Gasteiger partial charge is 0.314 e. The molecule has 1 aromatic rings. The average molecular weight is 237 g/mol. The van der Waals surface area contributed by atoms with Crippen LogP contribution in [-0.4, -0.2) is 12.6 Å². The molecule has 0 aliphatic heterocycles. The number of aryl methyl sites for hydroxylation is 1. The van der Waals surface area contributed by atoms with E-state index in [4.69, 9.17) is 0 Å². The Kier molecular flexibility index (Phi) is 6.43. The van der Waals surface area contributed by atoms with Crippen LogP contribution in [-0.2, 0) is 6.42 Å². The lowest BCUT2D eigenvalue weighted by molar-refractivity contribution is 0.594. The first kappa shape index (κ1) is 13.5. The molecule has 0 saturated heterocycles. The third-order valence-electron chi connectivity index (χ3n) is 2.54. The van der Waals surface area contributed by atoms with Crippen molar-refractivity contribution in [2.75, 3.05) is 6.54 Å². The van der Waals surface area contributed by atoms with Crippen molar-refractivity contribution in [1.82, 2.24) is 5.32 Å². The molecule has 2 heteroatoms. The Labute approximate surface area is 104 Å². The number of hydrogen-bond acceptors (Lipinski definition) is 2. The van der Waals surface area contributed by atoms with Crippen molar-refractivity contribution in [3.8, 4) is 0 Å². The molecule has 90 valence electrons. The number of hydrogen-bond donors (Lipinski definition) is 1. The first-order chi connectivity index (χ1) is 7.68. The van der Waals surface area contributed by atoms with E-state index in [1.165, 1.54) is 23.3 Å².